The van der Waals surface area contributed by atoms with E-state index in [1.807, 2.05) is 11.8 Å². The molecular weight excluding hydrogens is 301 g/mol. The Balaban J connectivity index is 1.99. The number of thioether (sulfide) groups is 1. The Morgan fingerprint density at radius 3 is 2.91 bits per heavy atom. The van der Waals surface area contributed by atoms with Crippen LogP contribution in [0.5, 0.6) is 0 Å². The number of guanidine groups is 1. The van der Waals surface area contributed by atoms with Crippen molar-refractivity contribution in [3.8, 4) is 0 Å². The number of halogens is 1. The van der Waals surface area contributed by atoms with Crippen molar-refractivity contribution in [1.82, 2.24) is 10.2 Å². The van der Waals surface area contributed by atoms with Crippen LogP contribution < -0.4 is 5.32 Å². The Labute approximate surface area is 135 Å². The molecule has 0 aliphatic carbocycles. The predicted molar refractivity (Wildman–Crippen MR) is 90.6 cm³/mol. The largest absolute Gasteiger partial charge is 0.392 e. The van der Waals surface area contributed by atoms with E-state index in [-0.39, 0.29) is 17.2 Å². The Kier molecular flexibility index (Phi) is 5.69. The molecule has 2 N–H and O–H groups in total. The minimum absolute atomic E-state index is 0.218. The van der Waals surface area contributed by atoms with Gasteiger partial charge in [0.15, 0.2) is 5.96 Å². The first kappa shape index (κ1) is 17.1. The monoisotopic (exact) mass is 325 g/mol. The van der Waals surface area contributed by atoms with Crippen LogP contribution in [0.2, 0.25) is 0 Å². The van der Waals surface area contributed by atoms with Gasteiger partial charge in [-0.1, -0.05) is 6.07 Å². The molecule has 0 aromatic heterocycles. The maximum absolute atomic E-state index is 13.4. The van der Waals surface area contributed by atoms with E-state index >= 15 is 0 Å². The number of aliphatic imine (C=N–C) groups is 1. The molecule has 1 aliphatic rings. The van der Waals surface area contributed by atoms with E-state index < -0.39 is 0 Å². The second-order valence-corrected chi connectivity index (χ2v) is 7.82. The number of hydrogen-bond donors (Lipinski definition) is 2. The minimum Gasteiger partial charge on any atom is -0.392 e. The maximum Gasteiger partial charge on any atom is 0.193 e. The lowest BCUT2D eigenvalue weighted by atomic mass is 10.1. The summed E-state index contributed by atoms with van der Waals surface area (Å²) in [7, 11) is 1.78. The van der Waals surface area contributed by atoms with E-state index in [0.29, 0.717) is 12.1 Å². The van der Waals surface area contributed by atoms with Crippen LogP contribution in [0.1, 0.15) is 25.0 Å². The molecule has 0 bridgehead atoms. The van der Waals surface area contributed by atoms with E-state index in [9.17, 15) is 4.39 Å². The standard InChI is InChI=1S/C16H24FN3OS/c1-16(2)11-20(6-7-22-16)15(18-3)19-9-12-4-5-14(17)13(8-12)10-21/h4-5,8,21H,6-7,9-11H2,1-3H3,(H,18,19). The zero-order valence-electron chi connectivity index (χ0n) is 13.4. The Morgan fingerprint density at radius 2 is 2.27 bits per heavy atom. The average Bonchev–Trinajstić information content (AvgIpc) is 2.48. The first-order valence-corrected chi connectivity index (χ1v) is 8.41. The molecule has 1 fully saturated rings. The van der Waals surface area contributed by atoms with E-state index in [1.165, 1.54) is 6.07 Å². The normalized spacial score (nSPS) is 18.4. The highest BCUT2D eigenvalue weighted by Crippen LogP contribution is 2.29. The molecule has 0 amide bonds. The van der Waals surface area contributed by atoms with Crippen LogP contribution in [0.15, 0.2) is 23.2 Å². The lowest BCUT2D eigenvalue weighted by Crippen LogP contribution is -2.50. The van der Waals surface area contributed by atoms with Crippen LogP contribution >= 0.6 is 11.8 Å². The summed E-state index contributed by atoms with van der Waals surface area (Å²) < 4.78 is 13.6. The van der Waals surface area contributed by atoms with Crippen LogP contribution in [-0.2, 0) is 13.2 Å². The van der Waals surface area contributed by atoms with Gasteiger partial charge < -0.3 is 15.3 Å². The van der Waals surface area contributed by atoms with Crippen LogP contribution in [-0.4, -0.2) is 46.6 Å². The van der Waals surface area contributed by atoms with Crippen molar-refractivity contribution in [2.24, 2.45) is 4.99 Å². The van der Waals surface area contributed by atoms with Crippen molar-refractivity contribution >= 4 is 17.7 Å². The molecule has 122 valence electrons. The number of hydrogen-bond acceptors (Lipinski definition) is 3. The molecular formula is C16H24FN3OS. The molecule has 1 saturated heterocycles. The topological polar surface area (TPSA) is 47.9 Å². The molecule has 6 heteroatoms. The van der Waals surface area contributed by atoms with Crippen molar-refractivity contribution < 1.29 is 9.50 Å². The van der Waals surface area contributed by atoms with E-state index in [4.69, 9.17) is 5.11 Å². The van der Waals surface area contributed by atoms with Gasteiger partial charge in [0.25, 0.3) is 0 Å². The predicted octanol–water partition coefficient (Wildman–Crippen LogP) is 2.22. The zero-order chi connectivity index (χ0) is 16.2. The first-order chi connectivity index (χ1) is 10.4. The highest BCUT2D eigenvalue weighted by molar-refractivity contribution is 8.00. The smallest absolute Gasteiger partial charge is 0.193 e. The van der Waals surface area contributed by atoms with E-state index in [2.05, 4.69) is 29.1 Å². The van der Waals surface area contributed by atoms with Crippen molar-refractivity contribution in [2.45, 2.75) is 31.7 Å². The summed E-state index contributed by atoms with van der Waals surface area (Å²) in [4.78, 5) is 6.61. The third kappa shape index (κ3) is 4.36. The molecule has 2 rings (SSSR count). The third-order valence-corrected chi connectivity index (χ3v) is 4.97. The number of nitrogens with zero attached hydrogens (tertiary/aromatic N) is 2. The molecule has 1 aliphatic heterocycles. The minimum atomic E-state index is -0.370. The fraction of sp³-hybridized carbons (Fsp3) is 0.562. The van der Waals surface area contributed by atoms with Crippen LogP contribution in [0.25, 0.3) is 0 Å². The molecule has 0 saturated carbocycles. The van der Waals surface area contributed by atoms with Crippen molar-refractivity contribution in [1.29, 1.82) is 0 Å². The Morgan fingerprint density at radius 1 is 1.50 bits per heavy atom. The Bertz CT molecular complexity index is 548. The van der Waals surface area contributed by atoms with Crippen molar-refractivity contribution in [2.75, 3.05) is 25.9 Å². The maximum atomic E-state index is 13.4. The summed E-state index contributed by atoms with van der Waals surface area (Å²) in [6, 6.07) is 4.81. The van der Waals surface area contributed by atoms with Gasteiger partial charge in [0.1, 0.15) is 5.82 Å². The lowest BCUT2D eigenvalue weighted by Gasteiger charge is -2.39. The molecule has 0 spiro atoms. The summed E-state index contributed by atoms with van der Waals surface area (Å²) in [5.74, 6) is 1.58. The van der Waals surface area contributed by atoms with Crippen molar-refractivity contribution in [3.63, 3.8) is 0 Å². The number of rotatable bonds is 3. The molecule has 1 heterocycles. The summed E-state index contributed by atoms with van der Waals surface area (Å²) in [6.45, 7) is 6.67. The third-order valence-electron chi connectivity index (χ3n) is 3.67. The molecule has 0 atom stereocenters. The number of aliphatic hydroxyl groups is 1. The van der Waals surface area contributed by atoms with Gasteiger partial charge in [0.05, 0.1) is 6.61 Å². The number of nitrogens with one attached hydrogen (secondary N) is 1. The first-order valence-electron chi connectivity index (χ1n) is 7.43. The fourth-order valence-electron chi connectivity index (χ4n) is 2.57. The van der Waals surface area contributed by atoms with Gasteiger partial charge in [0, 0.05) is 42.7 Å². The number of benzene rings is 1. The van der Waals surface area contributed by atoms with Gasteiger partial charge in [0.2, 0.25) is 0 Å². The van der Waals surface area contributed by atoms with Gasteiger partial charge in [-0.2, -0.15) is 11.8 Å². The molecule has 22 heavy (non-hydrogen) atoms. The zero-order valence-corrected chi connectivity index (χ0v) is 14.2. The van der Waals surface area contributed by atoms with Gasteiger partial charge >= 0.3 is 0 Å². The SMILES string of the molecule is CN=C(NCc1ccc(F)c(CO)c1)N1CCSC(C)(C)C1. The van der Waals surface area contributed by atoms with Crippen LogP contribution in [0.4, 0.5) is 4.39 Å². The fourth-order valence-corrected chi connectivity index (χ4v) is 3.68. The van der Waals surface area contributed by atoms with E-state index in [1.54, 1.807) is 19.2 Å². The van der Waals surface area contributed by atoms with Crippen LogP contribution in [0, 0.1) is 5.82 Å². The van der Waals surface area contributed by atoms with Gasteiger partial charge in [-0.3, -0.25) is 4.99 Å². The lowest BCUT2D eigenvalue weighted by molar-refractivity contribution is 0.275. The molecule has 4 nitrogen and oxygen atoms in total. The highest BCUT2D eigenvalue weighted by Gasteiger charge is 2.28. The van der Waals surface area contributed by atoms with Gasteiger partial charge in [-0.15, -0.1) is 0 Å². The summed E-state index contributed by atoms with van der Waals surface area (Å²) in [5.41, 5.74) is 1.25. The summed E-state index contributed by atoms with van der Waals surface area (Å²) >= 11 is 1.98. The number of aliphatic hydroxyl groups excluding tert-OH is 1. The second-order valence-electron chi connectivity index (χ2n) is 6.01. The molecule has 1 aromatic rings. The van der Waals surface area contributed by atoms with E-state index in [0.717, 1.165) is 30.4 Å². The second kappa shape index (κ2) is 7.33. The van der Waals surface area contributed by atoms with Gasteiger partial charge in [-0.25, -0.2) is 4.39 Å². The van der Waals surface area contributed by atoms with Gasteiger partial charge in [-0.05, 0) is 31.5 Å². The molecule has 0 radical (unpaired) electrons. The summed E-state index contributed by atoms with van der Waals surface area (Å²) in [6.07, 6.45) is 0. The average molecular weight is 325 g/mol. The Hall–Kier alpha value is -1.27. The summed E-state index contributed by atoms with van der Waals surface area (Å²) in [5, 5.41) is 12.5. The molecule has 1 aromatic carbocycles. The van der Waals surface area contributed by atoms with Crippen LogP contribution in [0.3, 0.4) is 0 Å². The van der Waals surface area contributed by atoms with Crippen molar-refractivity contribution in [3.05, 3.63) is 35.1 Å². The molecule has 0 unspecified atom stereocenters. The quantitative estimate of drug-likeness (QED) is 0.661. The highest BCUT2D eigenvalue weighted by atomic mass is 32.2.